The van der Waals surface area contributed by atoms with E-state index in [1.807, 2.05) is 30.9 Å². The first-order valence-electron chi connectivity index (χ1n) is 12.3. The fourth-order valence-electron chi connectivity index (χ4n) is 4.96. The SMILES string of the molecule is CC(C)Oc1cc2c(OCC3CCC(=O)N3)ncc(-c3cnn(C4CCCC4)c3)c2cc1C(N)=O. The summed E-state index contributed by atoms with van der Waals surface area (Å²) in [4.78, 5) is 28.5. The van der Waals surface area contributed by atoms with Gasteiger partial charge in [0, 0.05) is 35.3 Å². The second kappa shape index (κ2) is 9.56. The monoisotopic (exact) mass is 477 g/mol. The molecule has 35 heavy (non-hydrogen) atoms. The lowest BCUT2D eigenvalue weighted by Crippen LogP contribution is -2.31. The maximum atomic E-state index is 12.3. The number of benzene rings is 1. The lowest BCUT2D eigenvalue weighted by molar-refractivity contribution is -0.119. The molecule has 1 saturated carbocycles. The lowest BCUT2D eigenvalue weighted by atomic mass is 9.99. The van der Waals surface area contributed by atoms with E-state index in [1.165, 1.54) is 12.8 Å². The van der Waals surface area contributed by atoms with Crippen LogP contribution in [0.3, 0.4) is 0 Å². The summed E-state index contributed by atoms with van der Waals surface area (Å²) in [7, 11) is 0. The normalized spacial score (nSPS) is 18.4. The minimum Gasteiger partial charge on any atom is -0.490 e. The molecule has 2 fully saturated rings. The van der Waals surface area contributed by atoms with E-state index in [1.54, 1.807) is 18.3 Å². The number of ether oxygens (including phenoxy) is 2. The predicted octanol–water partition coefficient (Wildman–Crippen LogP) is 3.76. The van der Waals surface area contributed by atoms with E-state index in [2.05, 4.69) is 15.4 Å². The van der Waals surface area contributed by atoms with Crippen LogP contribution in [0.1, 0.15) is 68.8 Å². The number of pyridine rings is 1. The molecule has 0 spiro atoms. The molecule has 9 nitrogen and oxygen atoms in total. The van der Waals surface area contributed by atoms with Crippen LogP contribution in [0.5, 0.6) is 11.6 Å². The van der Waals surface area contributed by atoms with Gasteiger partial charge in [-0.1, -0.05) is 12.8 Å². The van der Waals surface area contributed by atoms with Gasteiger partial charge in [0.1, 0.15) is 12.4 Å². The summed E-state index contributed by atoms with van der Waals surface area (Å²) < 4.78 is 14.0. The Hall–Kier alpha value is -3.62. The highest BCUT2D eigenvalue weighted by Crippen LogP contribution is 2.38. The molecule has 0 radical (unpaired) electrons. The summed E-state index contributed by atoms with van der Waals surface area (Å²) in [6, 6.07) is 3.89. The zero-order valence-corrected chi connectivity index (χ0v) is 20.1. The molecular formula is C26H31N5O4. The molecule has 3 N–H and O–H groups in total. The van der Waals surface area contributed by atoms with E-state index in [0.717, 1.165) is 35.8 Å². The zero-order chi connectivity index (χ0) is 24.5. The number of hydrogen-bond acceptors (Lipinski definition) is 6. The highest BCUT2D eigenvalue weighted by molar-refractivity contribution is 6.06. The molecule has 1 unspecified atom stereocenters. The van der Waals surface area contributed by atoms with Crippen molar-refractivity contribution in [3.63, 3.8) is 0 Å². The Morgan fingerprint density at radius 3 is 2.69 bits per heavy atom. The first-order valence-corrected chi connectivity index (χ1v) is 12.3. The number of primary amides is 1. The maximum absolute atomic E-state index is 12.3. The highest BCUT2D eigenvalue weighted by atomic mass is 16.5. The van der Waals surface area contributed by atoms with E-state index < -0.39 is 5.91 Å². The third-order valence-electron chi connectivity index (χ3n) is 6.70. The van der Waals surface area contributed by atoms with E-state index in [4.69, 9.17) is 15.2 Å². The molecule has 1 aromatic carbocycles. The molecule has 1 atom stereocenters. The minimum absolute atomic E-state index is 0.0322. The van der Waals surface area contributed by atoms with Crippen LogP contribution in [0.4, 0.5) is 0 Å². The van der Waals surface area contributed by atoms with Crippen molar-refractivity contribution in [1.82, 2.24) is 20.1 Å². The fourth-order valence-corrected chi connectivity index (χ4v) is 4.96. The van der Waals surface area contributed by atoms with Gasteiger partial charge < -0.3 is 20.5 Å². The molecule has 1 aliphatic carbocycles. The summed E-state index contributed by atoms with van der Waals surface area (Å²) in [5.41, 5.74) is 7.78. The van der Waals surface area contributed by atoms with Crippen LogP contribution in [-0.4, -0.2) is 45.3 Å². The van der Waals surface area contributed by atoms with Crippen LogP contribution >= 0.6 is 0 Å². The number of nitrogens with two attached hydrogens (primary N) is 1. The number of rotatable bonds is 8. The number of nitrogens with zero attached hydrogens (tertiary/aromatic N) is 3. The third kappa shape index (κ3) is 4.80. The average molecular weight is 478 g/mol. The Labute approximate surface area is 204 Å². The molecule has 1 aliphatic heterocycles. The van der Waals surface area contributed by atoms with Crippen LogP contribution in [0.25, 0.3) is 21.9 Å². The van der Waals surface area contributed by atoms with Gasteiger partial charge in [-0.05, 0) is 50.6 Å². The second-order valence-electron chi connectivity index (χ2n) is 9.66. The van der Waals surface area contributed by atoms with Gasteiger partial charge in [0.05, 0.1) is 29.9 Å². The quantitative estimate of drug-likeness (QED) is 0.510. The van der Waals surface area contributed by atoms with Crippen molar-refractivity contribution < 1.29 is 19.1 Å². The molecule has 184 valence electrons. The summed E-state index contributed by atoms with van der Waals surface area (Å²) in [6.07, 6.45) is 11.4. The fraction of sp³-hybridized carbons (Fsp3) is 0.462. The molecule has 2 amide bonds. The van der Waals surface area contributed by atoms with Crippen molar-refractivity contribution in [1.29, 1.82) is 0 Å². The van der Waals surface area contributed by atoms with E-state index in [9.17, 15) is 9.59 Å². The van der Waals surface area contributed by atoms with Gasteiger partial charge in [-0.25, -0.2) is 4.98 Å². The van der Waals surface area contributed by atoms with Crippen LogP contribution in [-0.2, 0) is 4.79 Å². The van der Waals surface area contributed by atoms with Crippen LogP contribution in [0.2, 0.25) is 0 Å². The Bertz CT molecular complexity index is 1260. The van der Waals surface area contributed by atoms with Crippen molar-refractivity contribution in [3.8, 4) is 22.8 Å². The molecule has 3 heterocycles. The highest BCUT2D eigenvalue weighted by Gasteiger charge is 2.24. The summed E-state index contributed by atoms with van der Waals surface area (Å²) >= 11 is 0. The Kier molecular flexibility index (Phi) is 6.32. The van der Waals surface area contributed by atoms with Crippen LogP contribution < -0.4 is 20.5 Å². The van der Waals surface area contributed by atoms with Crippen molar-refractivity contribution in [2.24, 2.45) is 5.73 Å². The van der Waals surface area contributed by atoms with Crippen molar-refractivity contribution in [2.45, 2.75) is 70.6 Å². The molecule has 1 saturated heterocycles. The Balaban J connectivity index is 1.58. The number of carbonyl (C=O) groups is 2. The van der Waals surface area contributed by atoms with Crippen molar-refractivity contribution in [2.75, 3.05) is 6.61 Å². The predicted molar refractivity (Wildman–Crippen MR) is 131 cm³/mol. The minimum atomic E-state index is -0.567. The molecule has 0 bridgehead atoms. The van der Waals surface area contributed by atoms with Gasteiger partial charge in [0.15, 0.2) is 0 Å². The molecule has 9 heteroatoms. The molecule has 2 aliphatic rings. The standard InChI is InChI=1S/C26H31N5O4/c1-15(2)35-23-10-20-19(9-21(23)25(27)33)22(16-11-29-31(13-16)18-5-3-4-6-18)12-28-26(20)34-14-17-7-8-24(32)30-17/h9-13,15,17-18H,3-8,14H2,1-2H3,(H2,27,33)(H,30,32). The van der Waals surface area contributed by atoms with Gasteiger partial charge >= 0.3 is 0 Å². The third-order valence-corrected chi connectivity index (χ3v) is 6.70. The van der Waals surface area contributed by atoms with Gasteiger partial charge in [-0.3, -0.25) is 14.3 Å². The number of nitrogens with one attached hydrogen (secondary N) is 1. The average Bonchev–Trinajstić information content (AvgIpc) is 3.58. The zero-order valence-electron chi connectivity index (χ0n) is 20.1. The van der Waals surface area contributed by atoms with Gasteiger partial charge in [0.2, 0.25) is 11.8 Å². The van der Waals surface area contributed by atoms with E-state index >= 15 is 0 Å². The Morgan fingerprint density at radius 2 is 2.00 bits per heavy atom. The summed E-state index contributed by atoms with van der Waals surface area (Å²) in [5.74, 6) is 0.269. The van der Waals surface area contributed by atoms with E-state index in [-0.39, 0.29) is 18.1 Å². The number of hydrogen-bond donors (Lipinski definition) is 2. The maximum Gasteiger partial charge on any atom is 0.252 e. The second-order valence-corrected chi connectivity index (χ2v) is 9.66. The smallest absolute Gasteiger partial charge is 0.252 e. The first-order chi connectivity index (χ1) is 16.9. The summed E-state index contributed by atoms with van der Waals surface area (Å²) in [6.45, 7) is 4.09. The van der Waals surface area contributed by atoms with Crippen molar-refractivity contribution in [3.05, 3.63) is 36.3 Å². The number of aromatic nitrogens is 3. The first kappa shape index (κ1) is 23.1. The largest absolute Gasteiger partial charge is 0.490 e. The summed E-state index contributed by atoms with van der Waals surface area (Å²) in [5, 5.41) is 9.02. The Morgan fingerprint density at radius 1 is 1.20 bits per heavy atom. The van der Waals surface area contributed by atoms with Crippen LogP contribution in [0.15, 0.2) is 30.7 Å². The molecular weight excluding hydrogens is 446 g/mol. The van der Waals surface area contributed by atoms with Gasteiger partial charge in [-0.15, -0.1) is 0 Å². The number of carbonyl (C=O) groups excluding carboxylic acids is 2. The number of fused-ring (bicyclic) bond motifs is 1. The van der Waals surface area contributed by atoms with Crippen molar-refractivity contribution >= 4 is 22.6 Å². The van der Waals surface area contributed by atoms with Gasteiger partial charge in [-0.2, -0.15) is 5.10 Å². The lowest BCUT2D eigenvalue weighted by Gasteiger charge is -2.18. The molecule has 5 rings (SSSR count). The molecule has 3 aromatic rings. The van der Waals surface area contributed by atoms with E-state index in [0.29, 0.717) is 41.6 Å². The van der Waals surface area contributed by atoms with Gasteiger partial charge in [0.25, 0.3) is 5.91 Å². The van der Waals surface area contributed by atoms with Crippen LogP contribution in [0, 0.1) is 0 Å². The topological polar surface area (TPSA) is 121 Å². The number of amides is 2. The molecule has 2 aromatic heterocycles.